The number of hydrogen-bond donors (Lipinski definition) is 0. The summed E-state index contributed by atoms with van der Waals surface area (Å²) < 4.78 is 6.42. The molecule has 2 heterocycles. The molecule has 4 aromatic rings. The molecule has 0 fully saturated rings. The third-order valence-corrected chi connectivity index (χ3v) is 5.98. The van der Waals surface area contributed by atoms with Crippen LogP contribution in [0.1, 0.15) is 33.3 Å². The Balaban J connectivity index is 1.86. The molecule has 1 aliphatic rings. The van der Waals surface area contributed by atoms with Crippen molar-refractivity contribution in [3.05, 3.63) is 66.2 Å². The van der Waals surface area contributed by atoms with Crippen LogP contribution in [0, 0.1) is 6.92 Å². The summed E-state index contributed by atoms with van der Waals surface area (Å²) in [6, 6.07) is 21.8. The highest BCUT2D eigenvalue weighted by Crippen LogP contribution is 2.52. The van der Waals surface area contributed by atoms with Gasteiger partial charge in [-0.25, -0.2) is 0 Å². The summed E-state index contributed by atoms with van der Waals surface area (Å²) in [5, 5.41) is 2.34. The van der Waals surface area contributed by atoms with Crippen LogP contribution in [0.25, 0.3) is 21.9 Å². The van der Waals surface area contributed by atoms with Gasteiger partial charge in [-0.2, -0.15) is 0 Å². The van der Waals surface area contributed by atoms with Crippen LogP contribution < -0.4 is 9.80 Å². The first-order chi connectivity index (χ1) is 13.4. The Morgan fingerprint density at radius 3 is 2.25 bits per heavy atom. The molecule has 0 bridgehead atoms. The summed E-state index contributed by atoms with van der Waals surface area (Å²) >= 11 is 0. The smallest absolute Gasteiger partial charge is 0.159 e. The quantitative estimate of drug-likeness (QED) is 0.379. The summed E-state index contributed by atoms with van der Waals surface area (Å²) in [5.74, 6) is 0. The molecule has 3 heteroatoms. The van der Waals surface area contributed by atoms with Gasteiger partial charge in [0.15, 0.2) is 5.58 Å². The van der Waals surface area contributed by atoms with Crippen LogP contribution in [0.5, 0.6) is 0 Å². The second kappa shape index (κ2) is 5.78. The molecule has 0 unspecified atom stereocenters. The normalized spacial score (nSPS) is 15.8. The monoisotopic (exact) mass is 370 g/mol. The van der Waals surface area contributed by atoms with Crippen molar-refractivity contribution in [2.45, 2.75) is 46.3 Å². The van der Waals surface area contributed by atoms with Crippen LogP contribution in [0.3, 0.4) is 0 Å². The third kappa shape index (κ3) is 2.16. The van der Waals surface area contributed by atoms with E-state index in [9.17, 15) is 0 Å². The Labute approximate surface area is 166 Å². The van der Waals surface area contributed by atoms with E-state index in [0.717, 1.165) is 16.9 Å². The second-order valence-corrected chi connectivity index (χ2v) is 8.49. The van der Waals surface area contributed by atoms with Crippen LogP contribution in [-0.2, 0) is 0 Å². The zero-order valence-electron chi connectivity index (χ0n) is 17.2. The predicted octanol–water partition coefficient (Wildman–Crippen LogP) is 7.00. The molecule has 142 valence electrons. The molecule has 0 saturated carbocycles. The first-order valence-electron chi connectivity index (χ1n) is 10.0. The summed E-state index contributed by atoms with van der Waals surface area (Å²) in [6.07, 6.45) is 0. The summed E-state index contributed by atoms with van der Waals surface area (Å²) in [4.78, 5) is 4.96. The molecule has 0 saturated heterocycles. The van der Waals surface area contributed by atoms with E-state index in [1.165, 1.54) is 27.7 Å². The fourth-order valence-corrected chi connectivity index (χ4v) is 5.01. The minimum absolute atomic E-state index is 0.212. The molecule has 0 atom stereocenters. The van der Waals surface area contributed by atoms with Gasteiger partial charge in [-0.1, -0.05) is 42.5 Å². The SMILES string of the molecule is Cc1ccc2c(oc3ccccc32)c1N1c2ccccc2N(C(C)C)C1(C)C. The maximum absolute atomic E-state index is 6.42. The number of aryl methyl sites for hydroxylation is 1. The molecule has 0 aliphatic carbocycles. The van der Waals surface area contributed by atoms with Crippen molar-refractivity contribution in [1.29, 1.82) is 0 Å². The van der Waals surface area contributed by atoms with Gasteiger partial charge in [0.25, 0.3) is 0 Å². The van der Waals surface area contributed by atoms with Crippen molar-refractivity contribution >= 4 is 39.0 Å². The maximum atomic E-state index is 6.42. The van der Waals surface area contributed by atoms with Crippen molar-refractivity contribution in [2.24, 2.45) is 0 Å². The van der Waals surface area contributed by atoms with Gasteiger partial charge in [0, 0.05) is 16.8 Å². The molecule has 3 nitrogen and oxygen atoms in total. The van der Waals surface area contributed by atoms with E-state index in [-0.39, 0.29) is 5.66 Å². The van der Waals surface area contributed by atoms with Crippen LogP contribution >= 0.6 is 0 Å². The van der Waals surface area contributed by atoms with Gasteiger partial charge in [-0.15, -0.1) is 0 Å². The highest BCUT2D eigenvalue weighted by Gasteiger charge is 2.45. The Hall–Kier alpha value is -2.94. The molecule has 1 aliphatic heterocycles. The Morgan fingerprint density at radius 2 is 1.50 bits per heavy atom. The van der Waals surface area contributed by atoms with Gasteiger partial charge >= 0.3 is 0 Å². The third-order valence-electron chi connectivity index (χ3n) is 5.98. The molecule has 0 radical (unpaired) electrons. The van der Waals surface area contributed by atoms with E-state index in [1.54, 1.807) is 0 Å². The Morgan fingerprint density at radius 1 is 0.821 bits per heavy atom. The van der Waals surface area contributed by atoms with Gasteiger partial charge in [-0.3, -0.25) is 0 Å². The number of fused-ring (bicyclic) bond motifs is 4. The van der Waals surface area contributed by atoms with Gasteiger partial charge in [0.1, 0.15) is 11.2 Å². The fraction of sp³-hybridized carbons (Fsp3) is 0.280. The van der Waals surface area contributed by atoms with Crippen molar-refractivity contribution in [2.75, 3.05) is 9.80 Å². The van der Waals surface area contributed by atoms with Crippen LogP contribution in [-0.4, -0.2) is 11.7 Å². The first kappa shape index (κ1) is 17.2. The Bertz CT molecular complexity index is 1200. The lowest BCUT2D eigenvalue weighted by Gasteiger charge is -2.43. The molecule has 3 aromatic carbocycles. The van der Waals surface area contributed by atoms with Gasteiger partial charge in [-0.05, 0) is 58.4 Å². The van der Waals surface area contributed by atoms with E-state index >= 15 is 0 Å². The van der Waals surface area contributed by atoms with E-state index in [0.29, 0.717) is 6.04 Å². The molecule has 28 heavy (non-hydrogen) atoms. The van der Waals surface area contributed by atoms with Gasteiger partial charge in [0.2, 0.25) is 0 Å². The minimum Gasteiger partial charge on any atom is -0.454 e. The largest absolute Gasteiger partial charge is 0.454 e. The number of para-hydroxylation sites is 3. The summed E-state index contributed by atoms with van der Waals surface area (Å²) in [7, 11) is 0. The molecular formula is C25H26N2O. The highest BCUT2D eigenvalue weighted by molar-refractivity contribution is 6.11. The van der Waals surface area contributed by atoms with Crippen LogP contribution in [0.2, 0.25) is 0 Å². The Kier molecular flexibility index (Phi) is 3.54. The number of furan rings is 1. The number of hydrogen-bond acceptors (Lipinski definition) is 3. The number of benzene rings is 3. The van der Waals surface area contributed by atoms with Gasteiger partial charge < -0.3 is 14.2 Å². The number of rotatable bonds is 2. The van der Waals surface area contributed by atoms with Crippen molar-refractivity contribution < 1.29 is 4.42 Å². The lowest BCUT2D eigenvalue weighted by atomic mass is 10.0. The zero-order valence-corrected chi connectivity index (χ0v) is 17.2. The average molecular weight is 370 g/mol. The molecule has 0 N–H and O–H groups in total. The van der Waals surface area contributed by atoms with E-state index in [4.69, 9.17) is 4.42 Å². The number of anilines is 3. The van der Waals surface area contributed by atoms with Crippen LogP contribution in [0.15, 0.2) is 65.1 Å². The van der Waals surface area contributed by atoms with Gasteiger partial charge in [0.05, 0.1) is 17.1 Å². The lowest BCUT2D eigenvalue weighted by Crippen LogP contribution is -2.53. The molecule has 0 spiro atoms. The van der Waals surface area contributed by atoms with Crippen molar-refractivity contribution in [3.63, 3.8) is 0 Å². The van der Waals surface area contributed by atoms with Crippen LogP contribution in [0.4, 0.5) is 17.1 Å². The minimum atomic E-state index is -0.212. The molecule has 1 aromatic heterocycles. The summed E-state index contributed by atoms with van der Waals surface area (Å²) in [6.45, 7) is 11.3. The molecule has 5 rings (SSSR count). The topological polar surface area (TPSA) is 19.6 Å². The summed E-state index contributed by atoms with van der Waals surface area (Å²) in [5.41, 5.74) is 6.59. The predicted molar refractivity (Wildman–Crippen MR) is 119 cm³/mol. The van der Waals surface area contributed by atoms with E-state index < -0.39 is 0 Å². The zero-order chi connectivity index (χ0) is 19.6. The van der Waals surface area contributed by atoms with E-state index in [1.807, 2.05) is 6.07 Å². The number of nitrogens with zero attached hydrogens (tertiary/aromatic N) is 2. The molecular weight excluding hydrogens is 344 g/mol. The maximum Gasteiger partial charge on any atom is 0.159 e. The van der Waals surface area contributed by atoms with Crippen molar-refractivity contribution in [3.8, 4) is 0 Å². The fourth-order valence-electron chi connectivity index (χ4n) is 5.01. The first-order valence-corrected chi connectivity index (χ1v) is 10.0. The average Bonchev–Trinajstić information content (AvgIpc) is 3.13. The standard InChI is InChI=1S/C25H26N2O/c1-16(2)26-20-11-7-8-12-21(20)27(25(26,4)5)23-17(3)14-15-19-18-10-6-9-13-22(18)28-24(19)23/h6-16H,1-5H3. The lowest BCUT2D eigenvalue weighted by molar-refractivity contribution is 0.457. The highest BCUT2D eigenvalue weighted by atomic mass is 16.3. The molecule has 0 amide bonds. The van der Waals surface area contributed by atoms with E-state index in [2.05, 4.69) is 99.0 Å². The second-order valence-electron chi connectivity index (χ2n) is 8.49. The van der Waals surface area contributed by atoms with Crippen molar-refractivity contribution in [1.82, 2.24) is 0 Å².